The number of imidazole rings is 1. The monoisotopic (exact) mass is 343 g/mol. The first-order chi connectivity index (χ1) is 11.5. The number of hydrogen-bond acceptors (Lipinski definition) is 5. The molecule has 0 amide bonds. The summed E-state index contributed by atoms with van der Waals surface area (Å²) in [4.78, 5) is 23.5. The van der Waals surface area contributed by atoms with Gasteiger partial charge in [-0.2, -0.15) is 0 Å². The summed E-state index contributed by atoms with van der Waals surface area (Å²) >= 11 is 0. The standard InChI is InChI=1S/C17H17N3O3S/c1-10-5-4-6-18-15(10)9-24(22)17-19-13-7-11(2)12(16(21)23-3)8-14(13)20-17/h4-8H,9H2,1-3H3,(H,19,20)/t24-/m0/s1. The molecule has 3 rings (SSSR count). The van der Waals surface area contributed by atoms with E-state index in [4.69, 9.17) is 4.74 Å². The lowest BCUT2D eigenvalue weighted by Crippen LogP contribution is -2.03. The van der Waals surface area contributed by atoms with Gasteiger partial charge in [0.15, 0.2) is 5.16 Å². The van der Waals surface area contributed by atoms with Crippen LogP contribution in [0.3, 0.4) is 0 Å². The van der Waals surface area contributed by atoms with Crippen molar-refractivity contribution in [2.75, 3.05) is 7.11 Å². The molecule has 24 heavy (non-hydrogen) atoms. The second-order valence-corrected chi connectivity index (χ2v) is 6.84. The van der Waals surface area contributed by atoms with E-state index >= 15 is 0 Å². The van der Waals surface area contributed by atoms with Crippen molar-refractivity contribution in [3.63, 3.8) is 0 Å². The van der Waals surface area contributed by atoms with Gasteiger partial charge in [-0.25, -0.2) is 9.78 Å². The van der Waals surface area contributed by atoms with Gasteiger partial charge in [0.25, 0.3) is 0 Å². The molecule has 3 aromatic rings. The molecule has 7 heteroatoms. The van der Waals surface area contributed by atoms with Crippen LogP contribution in [0.5, 0.6) is 0 Å². The van der Waals surface area contributed by atoms with Crippen LogP contribution < -0.4 is 0 Å². The van der Waals surface area contributed by atoms with Gasteiger partial charge in [0, 0.05) is 6.20 Å². The molecule has 124 valence electrons. The van der Waals surface area contributed by atoms with Crippen LogP contribution in [0.25, 0.3) is 11.0 Å². The Morgan fingerprint density at radius 2 is 2.08 bits per heavy atom. The number of rotatable bonds is 4. The fourth-order valence-corrected chi connectivity index (χ4v) is 3.55. The first kappa shape index (κ1) is 16.3. The number of nitrogens with zero attached hydrogens (tertiary/aromatic N) is 2. The Hall–Kier alpha value is -2.54. The predicted molar refractivity (Wildman–Crippen MR) is 91.3 cm³/mol. The Kier molecular flexibility index (Phi) is 4.44. The summed E-state index contributed by atoms with van der Waals surface area (Å²) in [6, 6.07) is 7.24. The zero-order chi connectivity index (χ0) is 17.3. The van der Waals surface area contributed by atoms with Crippen molar-refractivity contribution in [1.29, 1.82) is 0 Å². The van der Waals surface area contributed by atoms with Gasteiger partial charge in [0.05, 0.1) is 46.0 Å². The summed E-state index contributed by atoms with van der Waals surface area (Å²) in [6.45, 7) is 3.75. The van der Waals surface area contributed by atoms with Crippen LogP contribution >= 0.6 is 0 Å². The largest absolute Gasteiger partial charge is 0.465 e. The lowest BCUT2D eigenvalue weighted by Gasteiger charge is -2.02. The zero-order valence-electron chi connectivity index (χ0n) is 13.6. The molecular weight excluding hydrogens is 326 g/mol. The number of pyridine rings is 1. The van der Waals surface area contributed by atoms with E-state index in [1.54, 1.807) is 18.3 Å². The number of aryl methyl sites for hydroxylation is 2. The maximum absolute atomic E-state index is 12.6. The Morgan fingerprint density at radius 1 is 1.29 bits per heavy atom. The highest BCUT2D eigenvalue weighted by atomic mass is 32.2. The lowest BCUT2D eigenvalue weighted by molar-refractivity contribution is 0.0600. The van der Waals surface area contributed by atoms with Crippen LogP contribution in [0.1, 0.15) is 27.2 Å². The van der Waals surface area contributed by atoms with Crippen LogP contribution in [0, 0.1) is 13.8 Å². The van der Waals surface area contributed by atoms with Crippen LogP contribution in [0.4, 0.5) is 0 Å². The van der Waals surface area contributed by atoms with E-state index in [-0.39, 0.29) is 5.75 Å². The first-order valence-electron chi connectivity index (χ1n) is 7.37. The minimum atomic E-state index is -1.35. The molecule has 0 bridgehead atoms. The summed E-state index contributed by atoms with van der Waals surface area (Å²) in [6.07, 6.45) is 1.68. The summed E-state index contributed by atoms with van der Waals surface area (Å²) in [7, 11) is -0.00890. The van der Waals surface area contributed by atoms with Gasteiger partial charge in [-0.15, -0.1) is 0 Å². The molecular formula is C17H17N3O3S. The maximum atomic E-state index is 12.6. The third-order valence-electron chi connectivity index (χ3n) is 3.81. The second-order valence-electron chi connectivity index (χ2n) is 5.47. The number of fused-ring (bicyclic) bond motifs is 1. The average molecular weight is 343 g/mol. The smallest absolute Gasteiger partial charge is 0.338 e. The fourth-order valence-electron chi connectivity index (χ4n) is 2.44. The Labute approximate surface area is 141 Å². The number of H-pyrrole nitrogens is 1. The van der Waals surface area contributed by atoms with Crippen molar-refractivity contribution in [2.24, 2.45) is 0 Å². The number of benzene rings is 1. The zero-order valence-corrected chi connectivity index (χ0v) is 14.4. The van der Waals surface area contributed by atoms with Crippen LogP contribution in [-0.2, 0) is 21.3 Å². The SMILES string of the molecule is COC(=O)c1cc2nc([S@@](=O)Cc3ncccc3C)[nH]c2cc1C. The van der Waals surface area contributed by atoms with Crippen molar-refractivity contribution in [1.82, 2.24) is 15.0 Å². The van der Waals surface area contributed by atoms with Gasteiger partial charge >= 0.3 is 5.97 Å². The van der Waals surface area contributed by atoms with E-state index in [1.165, 1.54) is 7.11 Å². The molecule has 0 saturated carbocycles. The van der Waals surface area contributed by atoms with Crippen molar-refractivity contribution in [2.45, 2.75) is 24.8 Å². The average Bonchev–Trinajstić information content (AvgIpc) is 2.98. The van der Waals surface area contributed by atoms with Gasteiger partial charge in [-0.1, -0.05) is 6.07 Å². The molecule has 2 aromatic heterocycles. The molecule has 0 radical (unpaired) electrons. The quantitative estimate of drug-likeness (QED) is 0.736. The molecule has 6 nitrogen and oxygen atoms in total. The predicted octanol–water partition coefficient (Wildman–Crippen LogP) is 2.67. The first-order valence-corrected chi connectivity index (χ1v) is 8.69. The molecule has 1 atom stereocenters. The highest BCUT2D eigenvalue weighted by Gasteiger charge is 2.16. The van der Waals surface area contributed by atoms with Gasteiger partial charge in [-0.05, 0) is 43.2 Å². The fraction of sp³-hybridized carbons (Fsp3) is 0.235. The molecule has 1 aromatic carbocycles. The summed E-state index contributed by atoms with van der Waals surface area (Å²) in [5.41, 5.74) is 4.32. The molecule has 2 heterocycles. The number of aromatic nitrogens is 3. The molecule has 0 aliphatic heterocycles. The number of methoxy groups -OCH3 is 1. The minimum Gasteiger partial charge on any atom is -0.465 e. The van der Waals surface area contributed by atoms with Crippen LogP contribution in [0.15, 0.2) is 35.6 Å². The van der Waals surface area contributed by atoms with Gasteiger partial charge < -0.3 is 9.72 Å². The van der Waals surface area contributed by atoms with Crippen molar-refractivity contribution in [3.8, 4) is 0 Å². The second kappa shape index (κ2) is 6.52. The van der Waals surface area contributed by atoms with E-state index in [0.717, 1.165) is 22.3 Å². The molecule has 1 N–H and O–H groups in total. The number of nitrogens with one attached hydrogen (secondary N) is 1. The number of ether oxygens (including phenoxy) is 1. The minimum absolute atomic E-state index is 0.287. The van der Waals surface area contributed by atoms with Crippen molar-refractivity contribution < 1.29 is 13.7 Å². The Morgan fingerprint density at radius 3 is 2.79 bits per heavy atom. The third kappa shape index (κ3) is 3.07. The Balaban J connectivity index is 1.94. The summed E-state index contributed by atoms with van der Waals surface area (Å²) in [5.74, 6) is -0.126. The number of carbonyl (C=O) groups excluding carboxylic acids is 1. The van der Waals surface area contributed by atoms with E-state index in [1.807, 2.05) is 26.0 Å². The molecule has 0 fully saturated rings. The number of aromatic amines is 1. The molecule has 0 spiro atoms. The summed E-state index contributed by atoms with van der Waals surface area (Å²) in [5, 5.41) is 0.372. The van der Waals surface area contributed by atoms with Gasteiger partial charge in [0.1, 0.15) is 0 Å². The van der Waals surface area contributed by atoms with Gasteiger partial charge in [0.2, 0.25) is 0 Å². The van der Waals surface area contributed by atoms with E-state index in [0.29, 0.717) is 16.2 Å². The highest BCUT2D eigenvalue weighted by molar-refractivity contribution is 7.84. The topological polar surface area (TPSA) is 84.9 Å². The molecule has 0 aliphatic carbocycles. The number of hydrogen-bond donors (Lipinski definition) is 1. The number of esters is 1. The molecule has 0 unspecified atom stereocenters. The molecule has 0 saturated heterocycles. The maximum Gasteiger partial charge on any atom is 0.338 e. The lowest BCUT2D eigenvalue weighted by atomic mass is 10.1. The van der Waals surface area contributed by atoms with Crippen molar-refractivity contribution in [3.05, 3.63) is 52.8 Å². The van der Waals surface area contributed by atoms with Gasteiger partial charge in [-0.3, -0.25) is 9.19 Å². The Bertz CT molecular complexity index is 949. The van der Waals surface area contributed by atoms with E-state index < -0.39 is 16.8 Å². The normalized spacial score (nSPS) is 12.3. The van der Waals surface area contributed by atoms with E-state index in [2.05, 4.69) is 15.0 Å². The van der Waals surface area contributed by atoms with Crippen LogP contribution in [-0.4, -0.2) is 32.2 Å². The summed E-state index contributed by atoms with van der Waals surface area (Å²) < 4.78 is 17.3. The van der Waals surface area contributed by atoms with E-state index in [9.17, 15) is 9.00 Å². The number of carbonyl (C=O) groups is 1. The highest BCUT2D eigenvalue weighted by Crippen LogP contribution is 2.21. The molecule has 0 aliphatic rings. The third-order valence-corrected chi connectivity index (χ3v) is 4.97. The van der Waals surface area contributed by atoms with Crippen LogP contribution in [0.2, 0.25) is 0 Å². The van der Waals surface area contributed by atoms with Crippen molar-refractivity contribution >= 4 is 27.8 Å².